The van der Waals surface area contributed by atoms with E-state index in [1.165, 1.54) is 4.90 Å². The quantitative estimate of drug-likeness (QED) is 0.760. The lowest BCUT2D eigenvalue weighted by molar-refractivity contribution is -0.153. The number of urea groups is 1. The molecule has 2 rings (SSSR count). The van der Waals surface area contributed by atoms with Crippen LogP contribution in [0.2, 0.25) is 0 Å². The Morgan fingerprint density at radius 1 is 1.11 bits per heavy atom. The molecule has 18 heavy (non-hydrogen) atoms. The van der Waals surface area contributed by atoms with Gasteiger partial charge in [-0.2, -0.15) is 0 Å². The second-order valence-corrected chi connectivity index (χ2v) is 5.71. The molecule has 2 aliphatic rings. The molecule has 1 aliphatic carbocycles. The molecule has 1 saturated heterocycles. The van der Waals surface area contributed by atoms with Crippen LogP contribution >= 0.6 is 0 Å². The predicted molar refractivity (Wildman–Crippen MR) is 65.6 cm³/mol. The Hall–Kier alpha value is -1.39. The van der Waals surface area contributed by atoms with E-state index >= 15 is 0 Å². The number of amides is 4. The van der Waals surface area contributed by atoms with Gasteiger partial charge in [-0.25, -0.2) is 4.79 Å². The van der Waals surface area contributed by atoms with Crippen LogP contribution in [-0.2, 0) is 9.59 Å². The van der Waals surface area contributed by atoms with Gasteiger partial charge in [0.1, 0.15) is 5.41 Å². The molecule has 100 valence electrons. The van der Waals surface area contributed by atoms with Crippen molar-refractivity contribution in [3.05, 3.63) is 0 Å². The van der Waals surface area contributed by atoms with Crippen LogP contribution in [0.25, 0.3) is 0 Å². The van der Waals surface area contributed by atoms with Crippen molar-refractivity contribution in [2.75, 3.05) is 0 Å². The van der Waals surface area contributed by atoms with Crippen LogP contribution in [-0.4, -0.2) is 28.8 Å². The van der Waals surface area contributed by atoms with Crippen LogP contribution < -0.4 is 5.32 Å². The highest BCUT2D eigenvalue weighted by molar-refractivity contribution is 6.19. The van der Waals surface area contributed by atoms with Crippen LogP contribution in [0.1, 0.15) is 46.5 Å². The largest absolute Gasteiger partial charge is 0.331 e. The van der Waals surface area contributed by atoms with Crippen molar-refractivity contribution in [1.82, 2.24) is 10.2 Å². The fourth-order valence-corrected chi connectivity index (χ4v) is 2.78. The number of rotatable bonds is 2. The second kappa shape index (κ2) is 4.37. The van der Waals surface area contributed by atoms with Crippen molar-refractivity contribution in [1.29, 1.82) is 0 Å². The molecule has 1 spiro atoms. The smallest absolute Gasteiger partial charge is 0.277 e. The number of hydrogen-bond acceptors (Lipinski definition) is 3. The van der Waals surface area contributed by atoms with Gasteiger partial charge in [0.25, 0.3) is 0 Å². The van der Waals surface area contributed by atoms with Gasteiger partial charge in [0.05, 0.1) is 0 Å². The molecule has 5 heteroatoms. The fourth-order valence-electron chi connectivity index (χ4n) is 2.78. The minimum absolute atomic E-state index is 0.173. The van der Waals surface area contributed by atoms with Crippen LogP contribution in [0.3, 0.4) is 0 Å². The maximum atomic E-state index is 12.6. The summed E-state index contributed by atoms with van der Waals surface area (Å²) in [5, 5.41) is 2.36. The van der Waals surface area contributed by atoms with Crippen LogP contribution in [0.4, 0.5) is 4.79 Å². The van der Waals surface area contributed by atoms with Gasteiger partial charge in [-0.15, -0.1) is 0 Å². The van der Waals surface area contributed by atoms with Crippen molar-refractivity contribution in [3.63, 3.8) is 0 Å². The molecule has 1 atom stereocenters. The monoisotopic (exact) mass is 252 g/mol. The molecule has 2 fully saturated rings. The number of nitrogens with zero attached hydrogens (tertiary/aromatic N) is 1. The lowest BCUT2D eigenvalue weighted by Gasteiger charge is -2.40. The Balaban J connectivity index is 2.34. The van der Waals surface area contributed by atoms with Gasteiger partial charge in [0.15, 0.2) is 0 Å². The van der Waals surface area contributed by atoms with E-state index in [4.69, 9.17) is 0 Å². The molecule has 1 heterocycles. The minimum atomic E-state index is -0.975. The molecule has 1 unspecified atom stereocenters. The van der Waals surface area contributed by atoms with Crippen LogP contribution in [0.15, 0.2) is 0 Å². The zero-order chi connectivity index (χ0) is 13.5. The number of barbiturate groups is 1. The summed E-state index contributed by atoms with van der Waals surface area (Å²) in [7, 11) is 0. The molecule has 0 aromatic rings. The van der Waals surface area contributed by atoms with E-state index in [-0.39, 0.29) is 17.9 Å². The van der Waals surface area contributed by atoms with Crippen molar-refractivity contribution in [3.8, 4) is 0 Å². The molecule has 1 N–H and O–H groups in total. The molecule has 0 bridgehead atoms. The highest BCUT2D eigenvalue weighted by Crippen LogP contribution is 2.42. The Morgan fingerprint density at radius 2 is 1.67 bits per heavy atom. The van der Waals surface area contributed by atoms with E-state index in [9.17, 15) is 14.4 Å². The molecule has 0 aromatic heterocycles. The number of imide groups is 2. The third-order valence-electron chi connectivity index (χ3n) is 4.33. The van der Waals surface area contributed by atoms with Gasteiger partial charge < -0.3 is 0 Å². The van der Waals surface area contributed by atoms with Crippen LogP contribution in [0.5, 0.6) is 0 Å². The molecular formula is C13H20N2O3. The highest BCUT2D eigenvalue weighted by Gasteiger charge is 2.55. The minimum Gasteiger partial charge on any atom is -0.277 e. The Bertz CT molecular complexity index is 397. The molecule has 0 aromatic carbocycles. The predicted octanol–water partition coefficient (Wildman–Crippen LogP) is 1.67. The topological polar surface area (TPSA) is 66.5 Å². The third-order valence-corrected chi connectivity index (χ3v) is 4.33. The van der Waals surface area contributed by atoms with E-state index in [2.05, 4.69) is 5.32 Å². The zero-order valence-corrected chi connectivity index (χ0v) is 11.2. The van der Waals surface area contributed by atoms with Gasteiger partial charge in [-0.1, -0.05) is 26.7 Å². The molecule has 4 amide bonds. The average molecular weight is 252 g/mol. The van der Waals surface area contributed by atoms with Crippen LogP contribution in [0, 0.1) is 11.3 Å². The number of carbonyl (C=O) groups excluding carboxylic acids is 3. The SMILES string of the molecule is CC(C)C(C)N1C(=O)NC(=O)C2(CCCC2)C1=O. The standard InChI is InChI=1S/C13H20N2O3/c1-8(2)9(3)15-11(17)13(6-4-5-7-13)10(16)14-12(15)18/h8-9H,4-7H2,1-3H3,(H,14,16,18). The summed E-state index contributed by atoms with van der Waals surface area (Å²) in [5.74, 6) is -0.525. The maximum Gasteiger partial charge on any atom is 0.331 e. The zero-order valence-electron chi connectivity index (χ0n) is 11.2. The van der Waals surface area contributed by atoms with Crippen molar-refractivity contribution < 1.29 is 14.4 Å². The first-order valence-corrected chi connectivity index (χ1v) is 6.59. The summed E-state index contributed by atoms with van der Waals surface area (Å²) < 4.78 is 0. The summed E-state index contributed by atoms with van der Waals surface area (Å²) in [6.07, 6.45) is 2.87. The molecule has 1 aliphatic heterocycles. The summed E-state index contributed by atoms with van der Waals surface area (Å²) >= 11 is 0. The number of carbonyl (C=O) groups is 3. The average Bonchev–Trinajstić information content (AvgIpc) is 2.77. The first-order valence-electron chi connectivity index (χ1n) is 6.59. The number of nitrogens with one attached hydrogen (secondary N) is 1. The summed E-state index contributed by atoms with van der Waals surface area (Å²) in [4.78, 5) is 37.7. The first-order chi connectivity index (χ1) is 8.40. The van der Waals surface area contributed by atoms with E-state index in [0.717, 1.165) is 12.8 Å². The lowest BCUT2D eigenvalue weighted by Crippen LogP contribution is -2.65. The second-order valence-electron chi connectivity index (χ2n) is 5.71. The van der Waals surface area contributed by atoms with Gasteiger partial charge in [0.2, 0.25) is 11.8 Å². The van der Waals surface area contributed by atoms with Gasteiger partial charge in [-0.05, 0) is 25.7 Å². The maximum absolute atomic E-state index is 12.6. The Kier molecular flexibility index (Phi) is 3.17. The van der Waals surface area contributed by atoms with Crippen molar-refractivity contribution in [2.45, 2.75) is 52.5 Å². The highest BCUT2D eigenvalue weighted by atomic mass is 16.2. The van der Waals surface area contributed by atoms with Crippen molar-refractivity contribution in [2.24, 2.45) is 11.3 Å². The molecule has 1 saturated carbocycles. The fraction of sp³-hybridized carbons (Fsp3) is 0.769. The Labute approximate surface area is 107 Å². The lowest BCUT2D eigenvalue weighted by atomic mass is 9.81. The first kappa shape index (κ1) is 13.1. The van der Waals surface area contributed by atoms with E-state index in [1.54, 1.807) is 0 Å². The van der Waals surface area contributed by atoms with Gasteiger partial charge in [0, 0.05) is 6.04 Å². The molecule has 5 nitrogen and oxygen atoms in total. The summed E-state index contributed by atoms with van der Waals surface area (Å²) in [6.45, 7) is 5.77. The third kappa shape index (κ3) is 1.72. The van der Waals surface area contributed by atoms with E-state index in [0.29, 0.717) is 12.8 Å². The normalized spacial score (nSPS) is 24.9. The van der Waals surface area contributed by atoms with E-state index < -0.39 is 17.4 Å². The van der Waals surface area contributed by atoms with Crippen molar-refractivity contribution >= 4 is 17.8 Å². The van der Waals surface area contributed by atoms with Gasteiger partial charge in [-0.3, -0.25) is 19.8 Å². The Morgan fingerprint density at radius 3 is 2.17 bits per heavy atom. The molecular weight excluding hydrogens is 232 g/mol. The van der Waals surface area contributed by atoms with Gasteiger partial charge >= 0.3 is 6.03 Å². The molecule has 0 radical (unpaired) electrons. The summed E-state index contributed by atoms with van der Waals surface area (Å²) in [6, 6.07) is -0.758. The number of hydrogen-bond donors (Lipinski definition) is 1. The van der Waals surface area contributed by atoms with E-state index in [1.807, 2.05) is 20.8 Å². The summed E-state index contributed by atoms with van der Waals surface area (Å²) in [5.41, 5.74) is -0.975.